The molecular weight excluding hydrogens is 272 g/mol. The normalized spacial score (nSPS) is 11.2. The zero-order valence-corrected chi connectivity index (χ0v) is 11.9. The number of carbonyl (C=O) groups is 1. The van der Waals surface area contributed by atoms with Crippen molar-refractivity contribution in [3.8, 4) is 0 Å². The lowest BCUT2D eigenvalue weighted by Gasteiger charge is -2.06. The molecule has 2 heterocycles. The molecule has 6 heteroatoms. The molecule has 0 saturated carbocycles. The summed E-state index contributed by atoms with van der Waals surface area (Å²) in [5.74, 6) is -0.00715. The lowest BCUT2D eigenvalue weighted by molar-refractivity contribution is 0.0464. The van der Waals surface area contributed by atoms with Gasteiger partial charge >= 0.3 is 5.97 Å². The highest BCUT2D eigenvalue weighted by molar-refractivity contribution is 7.20. The summed E-state index contributed by atoms with van der Waals surface area (Å²) in [7, 11) is 0. The molecule has 0 spiro atoms. The van der Waals surface area contributed by atoms with Crippen LogP contribution in [-0.2, 0) is 4.74 Å². The third-order valence-electron chi connectivity index (χ3n) is 2.41. The molecule has 0 N–H and O–H groups in total. The summed E-state index contributed by atoms with van der Waals surface area (Å²) in [6, 6.07) is 0. The topological polar surface area (TPSA) is 52.1 Å². The lowest BCUT2D eigenvalue weighted by atomic mass is 10.2. The number of esters is 1. The minimum Gasteiger partial charge on any atom is -0.461 e. The zero-order chi connectivity index (χ0) is 13.3. The van der Waals surface area contributed by atoms with Crippen LogP contribution in [0.15, 0.2) is 6.33 Å². The van der Waals surface area contributed by atoms with Crippen LogP contribution in [0, 0.1) is 12.8 Å². The van der Waals surface area contributed by atoms with E-state index in [4.69, 9.17) is 16.3 Å². The molecule has 0 fully saturated rings. The molecule has 0 bridgehead atoms. The third-order valence-corrected chi connectivity index (χ3v) is 3.88. The van der Waals surface area contributed by atoms with Crippen molar-refractivity contribution in [2.75, 3.05) is 6.61 Å². The van der Waals surface area contributed by atoms with E-state index in [2.05, 4.69) is 9.97 Å². The van der Waals surface area contributed by atoms with E-state index >= 15 is 0 Å². The van der Waals surface area contributed by atoms with Crippen LogP contribution in [0.5, 0.6) is 0 Å². The standard InChI is InChI=1S/C12H13ClN2O2S/c1-6(2)4-17-12(16)9-7(3)8-10(13)14-5-15-11(8)18-9/h5-6H,4H2,1-3H3. The van der Waals surface area contributed by atoms with Crippen LogP contribution in [0.1, 0.15) is 29.1 Å². The number of carbonyl (C=O) groups excluding carboxylic acids is 1. The van der Waals surface area contributed by atoms with Gasteiger partial charge in [0.05, 0.1) is 12.0 Å². The van der Waals surface area contributed by atoms with Gasteiger partial charge in [-0.15, -0.1) is 11.3 Å². The van der Waals surface area contributed by atoms with Crippen LogP contribution in [0.2, 0.25) is 5.15 Å². The second-order valence-corrected chi connectivity index (χ2v) is 5.75. The number of fused-ring (bicyclic) bond motifs is 1. The van der Waals surface area contributed by atoms with Gasteiger partial charge in [-0.3, -0.25) is 0 Å². The van der Waals surface area contributed by atoms with E-state index < -0.39 is 0 Å². The fourth-order valence-corrected chi connectivity index (χ4v) is 2.90. The van der Waals surface area contributed by atoms with Gasteiger partial charge in [0.15, 0.2) is 0 Å². The van der Waals surface area contributed by atoms with E-state index in [1.165, 1.54) is 17.7 Å². The summed E-state index contributed by atoms with van der Waals surface area (Å²) in [5, 5.41) is 1.11. The first kappa shape index (κ1) is 13.2. The van der Waals surface area contributed by atoms with Crippen LogP contribution in [0.4, 0.5) is 0 Å². The van der Waals surface area contributed by atoms with Crippen LogP contribution in [0.3, 0.4) is 0 Å². The molecule has 2 aromatic rings. The van der Waals surface area contributed by atoms with Crippen molar-refractivity contribution in [1.82, 2.24) is 9.97 Å². The van der Waals surface area contributed by atoms with Gasteiger partial charge in [0, 0.05) is 0 Å². The maximum atomic E-state index is 11.9. The van der Waals surface area contributed by atoms with Crippen molar-refractivity contribution in [2.45, 2.75) is 20.8 Å². The van der Waals surface area contributed by atoms with E-state index in [1.807, 2.05) is 20.8 Å². The van der Waals surface area contributed by atoms with Gasteiger partial charge in [-0.1, -0.05) is 25.4 Å². The van der Waals surface area contributed by atoms with Crippen LogP contribution < -0.4 is 0 Å². The van der Waals surface area contributed by atoms with Gasteiger partial charge in [0.25, 0.3) is 0 Å². The molecule has 2 rings (SSSR count). The fraction of sp³-hybridized carbons (Fsp3) is 0.417. The van der Waals surface area contributed by atoms with Gasteiger partial charge < -0.3 is 4.74 Å². The SMILES string of the molecule is Cc1c(C(=O)OCC(C)C)sc2ncnc(Cl)c12. The third kappa shape index (κ3) is 2.47. The van der Waals surface area contributed by atoms with E-state index in [9.17, 15) is 4.79 Å². The predicted molar refractivity (Wildman–Crippen MR) is 72.3 cm³/mol. The van der Waals surface area contributed by atoms with Gasteiger partial charge in [-0.25, -0.2) is 14.8 Å². The minimum atomic E-state index is -0.319. The second kappa shape index (κ2) is 5.20. The Morgan fingerprint density at radius 3 is 2.83 bits per heavy atom. The number of rotatable bonds is 3. The highest BCUT2D eigenvalue weighted by Gasteiger charge is 2.19. The molecule has 0 aliphatic heterocycles. The Kier molecular flexibility index (Phi) is 3.82. The Morgan fingerprint density at radius 1 is 1.50 bits per heavy atom. The van der Waals surface area contributed by atoms with Gasteiger partial charge in [0.1, 0.15) is 21.2 Å². The van der Waals surface area contributed by atoms with Gasteiger partial charge in [-0.05, 0) is 18.4 Å². The Hall–Kier alpha value is -1.20. The summed E-state index contributed by atoms with van der Waals surface area (Å²) in [6.07, 6.45) is 1.39. The Bertz CT molecular complexity index is 595. The van der Waals surface area contributed by atoms with Gasteiger partial charge in [0.2, 0.25) is 0 Å². The van der Waals surface area contributed by atoms with Gasteiger partial charge in [-0.2, -0.15) is 0 Å². The molecule has 0 radical (unpaired) electrons. The average Bonchev–Trinajstić information content (AvgIpc) is 2.65. The maximum absolute atomic E-state index is 11.9. The van der Waals surface area contributed by atoms with E-state index in [0.717, 1.165) is 10.9 Å². The Balaban J connectivity index is 2.37. The Labute approximate surface area is 114 Å². The molecular formula is C12H13ClN2O2S. The van der Waals surface area contributed by atoms with Crippen molar-refractivity contribution in [3.05, 3.63) is 21.9 Å². The molecule has 0 amide bonds. The van der Waals surface area contributed by atoms with E-state index in [1.54, 1.807) is 0 Å². The Morgan fingerprint density at radius 2 is 2.22 bits per heavy atom. The number of thiophene rings is 1. The molecule has 0 unspecified atom stereocenters. The van der Waals surface area contributed by atoms with E-state index in [-0.39, 0.29) is 5.97 Å². The summed E-state index contributed by atoms with van der Waals surface area (Å²) >= 11 is 7.30. The van der Waals surface area contributed by atoms with Crippen molar-refractivity contribution in [2.24, 2.45) is 5.92 Å². The van der Waals surface area contributed by atoms with Crippen LogP contribution in [-0.4, -0.2) is 22.5 Å². The zero-order valence-electron chi connectivity index (χ0n) is 10.4. The first-order valence-electron chi connectivity index (χ1n) is 5.57. The van der Waals surface area contributed by atoms with Crippen LogP contribution >= 0.6 is 22.9 Å². The number of aromatic nitrogens is 2. The highest BCUT2D eigenvalue weighted by atomic mass is 35.5. The summed E-state index contributed by atoms with van der Waals surface area (Å²) in [6.45, 7) is 6.23. The summed E-state index contributed by atoms with van der Waals surface area (Å²) < 4.78 is 5.22. The molecule has 2 aromatic heterocycles. The number of aryl methyl sites for hydroxylation is 1. The highest BCUT2D eigenvalue weighted by Crippen LogP contribution is 2.33. The summed E-state index contributed by atoms with van der Waals surface area (Å²) in [4.78, 5) is 21.2. The van der Waals surface area contributed by atoms with Crippen molar-refractivity contribution >= 4 is 39.1 Å². The molecule has 0 aliphatic rings. The average molecular weight is 285 g/mol. The molecule has 0 aromatic carbocycles. The summed E-state index contributed by atoms with van der Waals surface area (Å²) in [5.41, 5.74) is 0.786. The number of halogens is 1. The van der Waals surface area contributed by atoms with Crippen molar-refractivity contribution < 1.29 is 9.53 Å². The predicted octanol–water partition coefficient (Wildman–Crippen LogP) is 3.47. The molecule has 4 nitrogen and oxygen atoms in total. The van der Waals surface area contributed by atoms with Crippen molar-refractivity contribution in [1.29, 1.82) is 0 Å². The quantitative estimate of drug-likeness (QED) is 0.640. The molecule has 0 saturated heterocycles. The fourth-order valence-electron chi connectivity index (χ4n) is 1.53. The molecule has 96 valence electrons. The monoisotopic (exact) mass is 284 g/mol. The number of ether oxygens (including phenoxy) is 1. The number of hydrogen-bond acceptors (Lipinski definition) is 5. The smallest absolute Gasteiger partial charge is 0.348 e. The largest absolute Gasteiger partial charge is 0.461 e. The first-order valence-corrected chi connectivity index (χ1v) is 6.77. The van der Waals surface area contributed by atoms with Crippen molar-refractivity contribution in [3.63, 3.8) is 0 Å². The molecule has 0 aliphatic carbocycles. The van der Waals surface area contributed by atoms with Crippen LogP contribution in [0.25, 0.3) is 10.2 Å². The second-order valence-electron chi connectivity index (χ2n) is 4.39. The minimum absolute atomic E-state index is 0.312. The molecule has 18 heavy (non-hydrogen) atoms. The lowest BCUT2D eigenvalue weighted by Crippen LogP contribution is -2.09. The first-order chi connectivity index (χ1) is 8.50. The van der Waals surface area contributed by atoms with E-state index in [0.29, 0.717) is 27.4 Å². The number of nitrogens with zero attached hydrogens (tertiary/aromatic N) is 2. The number of hydrogen-bond donors (Lipinski definition) is 0. The molecule has 0 atom stereocenters. The maximum Gasteiger partial charge on any atom is 0.348 e.